The van der Waals surface area contributed by atoms with E-state index in [0.29, 0.717) is 17.9 Å². The Morgan fingerprint density at radius 1 is 0.725 bits per heavy atom. The maximum absolute atomic E-state index is 4.54. The summed E-state index contributed by atoms with van der Waals surface area (Å²) in [6.07, 6.45) is 9.59. The lowest BCUT2D eigenvalue weighted by Crippen LogP contribution is -2.49. The second kappa shape index (κ2) is 13.7. The summed E-state index contributed by atoms with van der Waals surface area (Å²) in [5.41, 5.74) is 12.8. The van der Waals surface area contributed by atoms with Gasteiger partial charge in [-0.1, -0.05) is 146 Å². The van der Waals surface area contributed by atoms with Crippen LogP contribution in [0, 0.1) is 0 Å². The van der Waals surface area contributed by atoms with E-state index >= 15 is 0 Å². The number of benzene rings is 6. The summed E-state index contributed by atoms with van der Waals surface area (Å²) < 4.78 is 0.918. The molecule has 3 atom stereocenters. The van der Waals surface area contributed by atoms with Crippen LogP contribution in [-0.2, 0) is 0 Å². The topological polar surface area (TPSA) is 24.4 Å². The summed E-state index contributed by atoms with van der Waals surface area (Å²) in [6.45, 7) is 2.34. The first-order valence-electron chi connectivity index (χ1n) is 18.3. The third-order valence-electron chi connectivity index (χ3n) is 11.2. The standard InChI is InChI=1S/C48H46N3/c1-5-41-44-17-9-10-20-45(44)51(3,4)47(41)38-29-23-34(24-30-38)33-21-25-35(26-22-33)42-18-11-13-37-14-12-19-43(46(37)42)36-27-31-39(32-28-36)48(49-2)50-40-15-7-6-8-16-40/h6-23,25-32,34,41,47H,5,24H2,1-4H3,(H,49,50)/q+1. The predicted molar refractivity (Wildman–Crippen MR) is 219 cm³/mol. The predicted octanol–water partition coefficient (Wildman–Crippen LogP) is 11.8. The number of aliphatic imine (C=N–C) groups is 1. The smallest absolute Gasteiger partial charge is 0.136 e. The normalized spacial score (nSPS) is 19.5. The van der Waals surface area contributed by atoms with Crippen LogP contribution in [0.5, 0.6) is 0 Å². The highest BCUT2D eigenvalue weighted by Gasteiger charge is 2.48. The second-order valence-corrected chi connectivity index (χ2v) is 14.4. The van der Waals surface area contributed by atoms with Crippen molar-refractivity contribution in [1.82, 2.24) is 4.48 Å². The van der Waals surface area contributed by atoms with Crippen molar-refractivity contribution in [1.29, 1.82) is 0 Å². The molecule has 2 aliphatic rings. The van der Waals surface area contributed by atoms with Gasteiger partial charge in [-0.15, -0.1) is 0 Å². The zero-order valence-electron chi connectivity index (χ0n) is 30.1. The molecule has 8 rings (SSSR count). The molecule has 6 aromatic carbocycles. The Morgan fingerprint density at radius 3 is 2.00 bits per heavy atom. The number of hydrogen-bond acceptors (Lipinski definition) is 1. The van der Waals surface area contributed by atoms with E-state index in [1.165, 1.54) is 55.4 Å². The van der Waals surface area contributed by atoms with Crippen LogP contribution >= 0.6 is 0 Å². The van der Waals surface area contributed by atoms with Gasteiger partial charge in [-0.05, 0) is 69.6 Å². The van der Waals surface area contributed by atoms with Gasteiger partial charge < -0.3 is 5.32 Å². The molecule has 3 nitrogen and oxygen atoms in total. The number of nitrogens with one attached hydrogen (secondary N) is 1. The Bertz CT molecular complexity index is 2270. The molecule has 0 fully saturated rings. The van der Waals surface area contributed by atoms with Crippen LogP contribution in [0.3, 0.4) is 0 Å². The monoisotopic (exact) mass is 664 g/mol. The van der Waals surface area contributed by atoms with Crippen LogP contribution in [-0.4, -0.2) is 33.0 Å². The van der Waals surface area contributed by atoms with Crippen molar-refractivity contribution in [3.8, 4) is 22.3 Å². The number of para-hydroxylation sites is 2. The number of anilines is 1. The molecule has 0 bridgehead atoms. The second-order valence-electron chi connectivity index (χ2n) is 14.4. The van der Waals surface area contributed by atoms with Gasteiger partial charge >= 0.3 is 0 Å². The molecular weight excluding hydrogens is 619 g/mol. The van der Waals surface area contributed by atoms with Crippen LogP contribution < -0.4 is 9.80 Å². The molecule has 252 valence electrons. The summed E-state index contributed by atoms with van der Waals surface area (Å²) in [5.74, 6) is 1.78. The first-order chi connectivity index (χ1) is 25.0. The van der Waals surface area contributed by atoms with Crippen molar-refractivity contribution in [3.05, 3.63) is 180 Å². The SMILES string of the molecule is CCC1c2ccccc2[N+](C)(C)C1C1=CCC(c2ccc(-c3cccc4cccc(-c5ccc(C(=NC)Nc6ccccc6)cc5)c34)cc2)C=C1. The summed E-state index contributed by atoms with van der Waals surface area (Å²) in [5, 5.41) is 5.98. The lowest BCUT2D eigenvalue weighted by molar-refractivity contribution is 0.319. The Morgan fingerprint density at radius 2 is 1.37 bits per heavy atom. The molecule has 0 saturated heterocycles. The highest BCUT2D eigenvalue weighted by atomic mass is 15.4. The van der Waals surface area contributed by atoms with E-state index in [-0.39, 0.29) is 0 Å². The third kappa shape index (κ3) is 6.02. The Labute approximate surface area is 302 Å². The van der Waals surface area contributed by atoms with Crippen molar-refractivity contribution in [2.24, 2.45) is 4.99 Å². The number of nitrogens with zero attached hydrogens (tertiary/aromatic N) is 2. The Hall–Kier alpha value is -5.51. The number of likely N-dealkylation sites (N-methyl/N-ethyl adjacent to an activating group) is 1. The summed E-state index contributed by atoms with van der Waals surface area (Å²) in [7, 11) is 6.60. The average Bonchev–Trinajstić information content (AvgIpc) is 3.42. The number of fused-ring (bicyclic) bond motifs is 2. The van der Waals surface area contributed by atoms with Crippen LogP contribution in [0.4, 0.5) is 11.4 Å². The molecule has 0 aromatic heterocycles. The van der Waals surface area contributed by atoms with Gasteiger partial charge in [-0.25, -0.2) is 0 Å². The highest BCUT2D eigenvalue weighted by molar-refractivity contribution is 6.09. The molecular formula is C48H46N3+. The van der Waals surface area contributed by atoms with E-state index < -0.39 is 0 Å². The zero-order valence-corrected chi connectivity index (χ0v) is 30.1. The fourth-order valence-corrected chi connectivity index (χ4v) is 8.70. The van der Waals surface area contributed by atoms with Crippen molar-refractivity contribution in [2.45, 2.75) is 37.6 Å². The highest BCUT2D eigenvalue weighted by Crippen LogP contribution is 2.49. The molecule has 1 aliphatic heterocycles. The molecule has 1 aliphatic carbocycles. The van der Waals surface area contributed by atoms with Crippen LogP contribution in [0.1, 0.15) is 48.3 Å². The molecule has 6 aromatic rings. The third-order valence-corrected chi connectivity index (χ3v) is 11.2. The van der Waals surface area contributed by atoms with Crippen molar-refractivity contribution >= 4 is 28.0 Å². The van der Waals surface area contributed by atoms with Gasteiger partial charge in [0, 0.05) is 41.3 Å². The van der Waals surface area contributed by atoms with Gasteiger partial charge in [0.25, 0.3) is 0 Å². The van der Waals surface area contributed by atoms with E-state index in [9.17, 15) is 0 Å². The zero-order chi connectivity index (χ0) is 35.0. The number of amidine groups is 1. The van der Waals surface area contributed by atoms with Crippen molar-refractivity contribution < 1.29 is 0 Å². The number of hydrogen-bond donors (Lipinski definition) is 1. The van der Waals surface area contributed by atoms with Crippen molar-refractivity contribution in [2.75, 3.05) is 26.5 Å². The lowest BCUT2D eigenvalue weighted by atomic mass is 9.82. The Kier molecular flexibility index (Phi) is 8.75. The number of quaternary nitrogens is 1. The van der Waals surface area contributed by atoms with E-state index in [2.05, 4.69) is 171 Å². The average molecular weight is 665 g/mol. The van der Waals surface area contributed by atoms with Crippen LogP contribution in [0.25, 0.3) is 33.0 Å². The molecule has 0 spiro atoms. The molecule has 3 heteroatoms. The number of rotatable bonds is 7. The maximum atomic E-state index is 4.54. The molecule has 0 amide bonds. The van der Waals surface area contributed by atoms with E-state index in [0.717, 1.165) is 34.4 Å². The van der Waals surface area contributed by atoms with Gasteiger partial charge in [0.15, 0.2) is 0 Å². The molecule has 0 saturated carbocycles. The molecule has 1 heterocycles. The maximum Gasteiger partial charge on any atom is 0.136 e. The summed E-state index contributed by atoms with van der Waals surface area (Å²) in [6, 6.07) is 51.1. The minimum Gasteiger partial charge on any atom is -0.340 e. The largest absolute Gasteiger partial charge is 0.340 e. The molecule has 3 unspecified atom stereocenters. The van der Waals surface area contributed by atoms with E-state index in [1.54, 1.807) is 0 Å². The van der Waals surface area contributed by atoms with E-state index in [1.807, 2.05) is 25.2 Å². The van der Waals surface area contributed by atoms with Gasteiger partial charge in [0.2, 0.25) is 0 Å². The number of allylic oxidation sites excluding steroid dienone is 2. The van der Waals surface area contributed by atoms with Gasteiger partial charge in [0.1, 0.15) is 17.6 Å². The van der Waals surface area contributed by atoms with Gasteiger partial charge in [-0.2, -0.15) is 0 Å². The Balaban J connectivity index is 1.04. The molecule has 0 radical (unpaired) electrons. The fraction of sp³-hybridized carbons (Fsp3) is 0.188. The summed E-state index contributed by atoms with van der Waals surface area (Å²) in [4.78, 5) is 4.54. The molecule has 51 heavy (non-hydrogen) atoms. The minimum atomic E-state index is 0.386. The fourth-order valence-electron chi connectivity index (χ4n) is 8.70. The minimum absolute atomic E-state index is 0.386. The first kappa shape index (κ1) is 32.7. The van der Waals surface area contributed by atoms with Gasteiger partial charge in [0.05, 0.1) is 14.1 Å². The van der Waals surface area contributed by atoms with Crippen LogP contribution in [0.15, 0.2) is 168 Å². The van der Waals surface area contributed by atoms with Crippen LogP contribution in [0.2, 0.25) is 0 Å². The summed E-state index contributed by atoms with van der Waals surface area (Å²) >= 11 is 0. The molecule has 1 N–H and O–H groups in total. The first-order valence-corrected chi connectivity index (χ1v) is 18.3. The van der Waals surface area contributed by atoms with E-state index in [4.69, 9.17) is 0 Å². The quantitative estimate of drug-likeness (QED) is 0.103. The van der Waals surface area contributed by atoms with Gasteiger partial charge in [-0.3, -0.25) is 9.48 Å². The lowest BCUT2D eigenvalue weighted by Gasteiger charge is -2.36. The van der Waals surface area contributed by atoms with Crippen molar-refractivity contribution in [3.63, 3.8) is 0 Å².